The van der Waals surface area contributed by atoms with Crippen LogP contribution in [-0.4, -0.2) is 11.1 Å². The van der Waals surface area contributed by atoms with E-state index in [-0.39, 0.29) is 5.56 Å². The summed E-state index contributed by atoms with van der Waals surface area (Å²) in [5, 5.41) is 11.0. The molecule has 1 heterocycles. The van der Waals surface area contributed by atoms with E-state index >= 15 is 0 Å². The Morgan fingerprint density at radius 2 is 1.94 bits per heavy atom. The number of para-hydroxylation sites is 1. The van der Waals surface area contributed by atoms with Crippen molar-refractivity contribution in [2.75, 3.05) is 0 Å². The van der Waals surface area contributed by atoms with Gasteiger partial charge in [0.15, 0.2) is 0 Å². The molecule has 0 aliphatic rings. The van der Waals surface area contributed by atoms with E-state index in [1.165, 1.54) is 0 Å². The van der Waals surface area contributed by atoms with Crippen LogP contribution >= 0.6 is 0 Å². The van der Waals surface area contributed by atoms with Crippen LogP contribution in [0.3, 0.4) is 0 Å². The first-order valence-corrected chi connectivity index (χ1v) is 5.32. The molecular formula is C14H10O3. The Hall–Kier alpha value is -2.29. The average molecular weight is 226 g/mol. The summed E-state index contributed by atoms with van der Waals surface area (Å²) in [7, 11) is 0. The van der Waals surface area contributed by atoms with Crippen molar-refractivity contribution < 1.29 is 14.3 Å². The highest BCUT2D eigenvalue weighted by molar-refractivity contribution is 6.11. The molecule has 0 unspecified atom stereocenters. The number of aryl methyl sites for hydroxylation is 1. The summed E-state index contributed by atoms with van der Waals surface area (Å²) in [6, 6.07) is 11.2. The summed E-state index contributed by atoms with van der Waals surface area (Å²) in [6.45, 7) is 1.88. The first-order chi connectivity index (χ1) is 8.16. The van der Waals surface area contributed by atoms with Crippen LogP contribution in [-0.2, 0) is 0 Å². The van der Waals surface area contributed by atoms with Gasteiger partial charge in [-0.1, -0.05) is 18.2 Å². The highest BCUT2D eigenvalue weighted by Gasteiger charge is 2.15. The van der Waals surface area contributed by atoms with Crippen LogP contribution in [0.25, 0.3) is 21.9 Å². The van der Waals surface area contributed by atoms with Gasteiger partial charge in [-0.15, -0.1) is 0 Å². The fourth-order valence-corrected chi connectivity index (χ4v) is 2.13. The third-order valence-corrected chi connectivity index (χ3v) is 2.85. The minimum atomic E-state index is -0.960. The van der Waals surface area contributed by atoms with Gasteiger partial charge in [0.05, 0.1) is 0 Å². The number of hydrogen-bond acceptors (Lipinski definition) is 2. The number of aromatic carboxylic acids is 1. The minimum absolute atomic E-state index is 0.219. The molecular weight excluding hydrogens is 216 g/mol. The van der Waals surface area contributed by atoms with E-state index in [1.807, 2.05) is 37.3 Å². The van der Waals surface area contributed by atoms with Crippen molar-refractivity contribution in [2.24, 2.45) is 0 Å². The van der Waals surface area contributed by atoms with E-state index in [0.29, 0.717) is 5.58 Å². The lowest BCUT2D eigenvalue weighted by atomic mass is 10.1. The molecule has 3 heteroatoms. The Kier molecular flexibility index (Phi) is 1.95. The topological polar surface area (TPSA) is 50.4 Å². The quantitative estimate of drug-likeness (QED) is 0.689. The molecule has 0 bridgehead atoms. The van der Waals surface area contributed by atoms with Crippen molar-refractivity contribution >= 4 is 27.9 Å². The van der Waals surface area contributed by atoms with Gasteiger partial charge in [-0.3, -0.25) is 0 Å². The van der Waals surface area contributed by atoms with Crippen molar-refractivity contribution in [3.63, 3.8) is 0 Å². The van der Waals surface area contributed by atoms with Gasteiger partial charge in [0.2, 0.25) is 0 Å². The normalized spacial score (nSPS) is 11.1. The largest absolute Gasteiger partial charge is 0.478 e. The molecule has 3 aromatic rings. The second kappa shape index (κ2) is 3.35. The van der Waals surface area contributed by atoms with E-state index in [2.05, 4.69) is 0 Å². The Labute approximate surface area is 97.3 Å². The lowest BCUT2D eigenvalue weighted by Gasteiger charge is -1.98. The number of fused-ring (bicyclic) bond motifs is 3. The highest BCUT2D eigenvalue weighted by atomic mass is 16.4. The molecule has 1 aromatic heterocycles. The predicted molar refractivity (Wildman–Crippen MR) is 65.4 cm³/mol. The highest BCUT2D eigenvalue weighted by Crippen LogP contribution is 2.31. The van der Waals surface area contributed by atoms with E-state index < -0.39 is 5.97 Å². The van der Waals surface area contributed by atoms with Crippen LogP contribution in [0.5, 0.6) is 0 Å². The van der Waals surface area contributed by atoms with E-state index in [4.69, 9.17) is 4.42 Å². The molecule has 0 amide bonds. The van der Waals surface area contributed by atoms with Crippen molar-refractivity contribution in [3.8, 4) is 0 Å². The van der Waals surface area contributed by atoms with Gasteiger partial charge in [0, 0.05) is 10.8 Å². The van der Waals surface area contributed by atoms with Crippen LogP contribution in [0.4, 0.5) is 0 Å². The number of hydrogen-bond donors (Lipinski definition) is 1. The maximum absolute atomic E-state index is 11.2. The van der Waals surface area contributed by atoms with E-state index in [0.717, 1.165) is 21.9 Å². The first-order valence-electron chi connectivity index (χ1n) is 5.32. The molecule has 1 N–H and O–H groups in total. The van der Waals surface area contributed by atoms with Gasteiger partial charge in [-0.25, -0.2) is 4.79 Å². The number of furan rings is 1. The molecule has 2 aromatic carbocycles. The Morgan fingerprint density at radius 1 is 1.18 bits per heavy atom. The van der Waals surface area contributed by atoms with Crippen LogP contribution in [0.15, 0.2) is 40.8 Å². The number of carboxylic acid groups (broad SMARTS) is 1. The van der Waals surface area contributed by atoms with Crippen LogP contribution in [0.2, 0.25) is 0 Å². The molecule has 0 radical (unpaired) electrons. The van der Waals surface area contributed by atoms with Crippen molar-refractivity contribution in [1.29, 1.82) is 0 Å². The zero-order chi connectivity index (χ0) is 12.0. The van der Waals surface area contributed by atoms with Gasteiger partial charge in [0.1, 0.15) is 16.7 Å². The number of carbonyl (C=O) groups is 1. The van der Waals surface area contributed by atoms with Crippen molar-refractivity contribution in [1.82, 2.24) is 0 Å². The second-order valence-electron chi connectivity index (χ2n) is 4.09. The lowest BCUT2D eigenvalue weighted by Crippen LogP contribution is -1.97. The molecule has 3 nitrogen and oxygen atoms in total. The second-order valence-corrected chi connectivity index (χ2v) is 4.09. The molecule has 17 heavy (non-hydrogen) atoms. The lowest BCUT2D eigenvalue weighted by molar-refractivity contribution is 0.0698. The number of rotatable bonds is 1. The predicted octanol–water partition coefficient (Wildman–Crippen LogP) is 3.59. The summed E-state index contributed by atoms with van der Waals surface area (Å²) in [4.78, 5) is 11.2. The maximum Gasteiger partial charge on any atom is 0.339 e. The Balaban J connectivity index is 2.55. The van der Waals surface area contributed by atoms with Gasteiger partial charge < -0.3 is 9.52 Å². The summed E-state index contributed by atoms with van der Waals surface area (Å²) in [5.74, 6) is -0.960. The Morgan fingerprint density at radius 3 is 2.71 bits per heavy atom. The number of carboxylic acids is 1. The van der Waals surface area contributed by atoms with Gasteiger partial charge in [0.25, 0.3) is 0 Å². The summed E-state index contributed by atoms with van der Waals surface area (Å²) < 4.78 is 5.62. The van der Waals surface area contributed by atoms with Gasteiger partial charge >= 0.3 is 5.97 Å². The third-order valence-electron chi connectivity index (χ3n) is 2.85. The van der Waals surface area contributed by atoms with Crippen LogP contribution in [0.1, 0.15) is 15.9 Å². The molecule has 0 aliphatic carbocycles. The van der Waals surface area contributed by atoms with Gasteiger partial charge in [-0.2, -0.15) is 0 Å². The van der Waals surface area contributed by atoms with Gasteiger partial charge in [-0.05, 0) is 30.7 Å². The molecule has 0 atom stereocenters. The Bertz CT molecular complexity index is 738. The fourth-order valence-electron chi connectivity index (χ4n) is 2.13. The summed E-state index contributed by atoms with van der Waals surface area (Å²) in [5.41, 5.74) is 2.30. The zero-order valence-corrected chi connectivity index (χ0v) is 9.23. The summed E-state index contributed by atoms with van der Waals surface area (Å²) >= 11 is 0. The third kappa shape index (κ3) is 1.40. The molecule has 0 spiro atoms. The SMILES string of the molecule is Cc1cc(C(=O)O)c2oc3ccccc3c2c1. The van der Waals surface area contributed by atoms with Crippen LogP contribution in [0, 0.1) is 6.92 Å². The molecule has 84 valence electrons. The van der Waals surface area contributed by atoms with E-state index in [9.17, 15) is 9.90 Å². The van der Waals surface area contributed by atoms with Crippen LogP contribution < -0.4 is 0 Å². The molecule has 0 fully saturated rings. The summed E-state index contributed by atoms with van der Waals surface area (Å²) in [6.07, 6.45) is 0. The maximum atomic E-state index is 11.2. The average Bonchev–Trinajstić information content (AvgIpc) is 2.66. The van der Waals surface area contributed by atoms with E-state index in [1.54, 1.807) is 6.07 Å². The standard InChI is InChI=1S/C14H10O3/c1-8-6-10-9-4-2-3-5-12(9)17-13(10)11(7-8)14(15)16/h2-7H,1H3,(H,15,16). The fraction of sp³-hybridized carbons (Fsp3) is 0.0714. The minimum Gasteiger partial charge on any atom is -0.478 e. The smallest absolute Gasteiger partial charge is 0.339 e. The number of benzene rings is 2. The molecule has 0 aliphatic heterocycles. The van der Waals surface area contributed by atoms with Crippen molar-refractivity contribution in [3.05, 3.63) is 47.5 Å². The molecule has 0 saturated carbocycles. The molecule has 3 rings (SSSR count). The zero-order valence-electron chi connectivity index (χ0n) is 9.23. The van der Waals surface area contributed by atoms with Crippen molar-refractivity contribution in [2.45, 2.75) is 6.92 Å². The first kappa shape index (κ1) is 9.90. The monoisotopic (exact) mass is 226 g/mol. The molecule has 0 saturated heterocycles.